The fraction of sp³-hybridized carbons (Fsp3) is 0.419. The number of amides is 2. The van der Waals surface area contributed by atoms with Crippen LogP contribution in [-0.2, 0) is 41.6 Å². The zero-order valence-electron chi connectivity index (χ0n) is 24.2. The van der Waals surface area contributed by atoms with Crippen molar-refractivity contribution in [1.82, 2.24) is 15.6 Å². The molecule has 1 heterocycles. The first-order chi connectivity index (χ1) is 19.4. The highest BCUT2D eigenvalue weighted by Crippen LogP contribution is 2.20. The SMILES string of the molecule is CC(C)OC(=O)[C@@H](CCC(=O)N[C@H](Cc1c[nH]c2ccccc12)C(=O)OCc1ccccc1)NC(=O)OC(C)(C)C. The van der Waals surface area contributed by atoms with Crippen LogP contribution in [-0.4, -0.2) is 52.7 Å². The minimum absolute atomic E-state index is 0.0584. The van der Waals surface area contributed by atoms with Crippen LogP contribution < -0.4 is 10.6 Å². The topological polar surface area (TPSA) is 136 Å². The van der Waals surface area contributed by atoms with Crippen LogP contribution in [0.5, 0.6) is 0 Å². The average molecular weight is 566 g/mol. The Balaban J connectivity index is 1.70. The third-order valence-electron chi connectivity index (χ3n) is 5.93. The van der Waals surface area contributed by atoms with Crippen molar-refractivity contribution in [2.75, 3.05) is 0 Å². The van der Waals surface area contributed by atoms with E-state index in [0.29, 0.717) is 0 Å². The number of hydrogen-bond donors (Lipinski definition) is 3. The largest absolute Gasteiger partial charge is 0.461 e. The van der Waals surface area contributed by atoms with Crippen molar-refractivity contribution in [3.63, 3.8) is 0 Å². The van der Waals surface area contributed by atoms with Gasteiger partial charge >= 0.3 is 18.0 Å². The second-order valence-corrected chi connectivity index (χ2v) is 11.0. The Hall–Kier alpha value is -4.34. The molecule has 3 aromatic rings. The Bertz CT molecular complexity index is 1330. The number of ether oxygens (including phenoxy) is 3. The van der Waals surface area contributed by atoms with Crippen LogP contribution in [0.1, 0.15) is 58.6 Å². The molecule has 3 N–H and O–H groups in total. The molecule has 0 unspecified atom stereocenters. The van der Waals surface area contributed by atoms with E-state index in [0.717, 1.165) is 22.0 Å². The standard InChI is InChI=1S/C31H39N3O7/c1-20(2)40-29(37)25(34-30(38)41-31(3,4)5)15-16-27(35)33-26(28(36)39-19-21-11-7-6-8-12-21)17-22-18-32-24-14-10-9-13-23(22)24/h6-14,18,20,25-26,32H,15-17,19H2,1-5H3,(H,33,35)(H,34,38)/t25-,26-/m1/s1. The number of hydrogen-bond acceptors (Lipinski definition) is 7. The molecule has 0 saturated heterocycles. The summed E-state index contributed by atoms with van der Waals surface area (Å²) >= 11 is 0. The van der Waals surface area contributed by atoms with E-state index in [1.54, 1.807) is 40.8 Å². The number of esters is 2. The van der Waals surface area contributed by atoms with Crippen molar-refractivity contribution in [3.05, 3.63) is 71.9 Å². The summed E-state index contributed by atoms with van der Waals surface area (Å²) in [6.07, 6.45) is 0.555. The maximum atomic E-state index is 13.2. The van der Waals surface area contributed by atoms with E-state index in [-0.39, 0.29) is 25.9 Å². The summed E-state index contributed by atoms with van der Waals surface area (Å²) < 4.78 is 16.1. The Morgan fingerprint density at radius 1 is 0.878 bits per heavy atom. The molecule has 0 bridgehead atoms. The molecule has 3 rings (SSSR count). The van der Waals surface area contributed by atoms with Gasteiger partial charge in [-0.1, -0.05) is 48.5 Å². The van der Waals surface area contributed by atoms with E-state index >= 15 is 0 Å². The molecule has 10 nitrogen and oxygen atoms in total. The van der Waals surface area contributed by atoms with Crippen LogP contribution in [0.4, 0.5) is 4.79 Å². The molecule has 0 aliphatic rings. The van der Waals surface area contributed by atoms with Gasteiger partial charge in [0.1, 0.15) is 24.3 Å². The van der Waals surface area contributed by atoms with Gasteiger partial charge in [0.2, 0.25) is 5.91 Å². The van der Waals surface area contributed by atoms with E-state index < -0.39 is 47.7 Å². The van der Waals surface area contributed by atoms with Gasteiger partial charge in [-0.3, -0.25) is 4.79 Å². The number of carbonyl (C=O) groups is 4. The Kier molecular flexibility index (Phi) is 10.9. The number of nitrogens with one attached hydrogen (secondary N) is 3. The lowest BCUT2D eigenvalue weighted by Crippen LogP contribution is -2.46. The smallest absolute Gasteiger partial charge is 0.408 e. The first-order valence-electron chi connectivity index (χ1n) is 13.7. The molecule has 2 amide bonds. The number of para-hydroxylation sites is 1. The Labute approximate surface area is 240 Å². The normalized spacial score (nSPS) is 12.8. The van der Waals surface area contributed by atoms with Gasteiger partial charge in [-0.15, -0.1) is 0 Å². The van der Waals surface area contributed by atoms with Crippen LogP contribution in [0, 0.1) is 0 Å². The molecule has 0 aliphatic heterocycles. The minimum atomic E-state index is -1.12. The third kappa shape index (κ3) is 10.3. The van der Waals surface area contributed by atoms with Crippen molar-refractivity contribution in [1.29, 1.82) is 0 Å². The van der Waals surface area contributed by atoms with Crippen LogP contribution in [0.15, 0.2) is 60.8 Å². The number of carbonyl (C=O) groups excluding carboxylic acids is 4. The second-order valence-electron chi connectivity index (χ2n) is 11.0. The summed E-state index contributed by atoms with van der Waals surface area (Å²) in [6.45, 7) is 8.53. The summed E-state index contributed by atoms with van der Waals surface area (Å²) in [7, 11) is 0. The van der Waals surface area contributed by atoms with Gasteiger partial charge < -0.3 is 29.8 Å². The van der Waals surface area contributed by atoms with Crippen molar-refractivity contribution in [2.45, 2.75) is 84.3 Å². The molecular formula is C31H39N3O7. The molecular weight excluding hydrogens is 526 g/mol. The lowest BCUT2D eigenvalue weighted by Gasteiger charge is -2.23. The number of H-pyrrole nitrogens is 1. The van der Waals surface area contributed by atoms with Crippen molar-refractivity contribution < 1.29 is 33.4 Å². The molecule has 0 fully saturated rings. The summed E-state index contributed by atoms with van der Waals surface area (Å²) in [5.74, 6) is -1.76. The van der Waals surface area contributed by atoms with E-state index in [9.17, 15) is 19.2 Å². The van der Waals surface area contributed by atoms with Gasteiger partial charge in [0.25, 0.3) is 0 Å². The minimum Gasteiger partial charge on any atom is -0.461 e. The fourth-order valence-electron chi connectivity index (χ4n) is 4.10. The van der Waals surface area contributed by atoms with Crippen LogP contribution in [0.25, 0.3) is 10.9 Å². The first kappa shape index (κ1) is 31.2. The lowest BCUT2D eigenvalue weighted by molar-refractivity contribution is -0.151. The van der Waals surface area contributed by atoms with Gasteiger partial charge in [0.05, 0.1) is 6.10 Å². The van der Waals surface area contributed by atoms with E-state index in [4.69, 9.17) is 14.2 Å². The van der Waals surface area contributed by atoms with E-state index in [2.05, 4.69) is 15.6 Å². The predicted octanol–water partition coefficient (Wildman–Crippen LogP) is 4.56. The summed E-state index contributed by atoms with van der Waals surface area (Å²) in [5.41, 5.74) is 1.79. The Morgan fingerprint density at radius 2 is 1.56 bits per heavy atom. The van der Waals surface area contributed by atoms with Gasteiger partial charge in [-0.2, -0.15) is 0 Å². The summed E-state index contributed by atoms with van der Waals surface area (Å²) in [5, 5.41) is 6.18. The lowest BCUT2D eigenvalue weighted by atomic mass is 10.0. The number of benzene rings is 2. The maximum Gasteiger partial charge on any atom is 0.408 e. The highest BCUT2D eigenvalue weighted by Gasteiger charge is 2.29. The average Bonchev–Trinajstić information content (AvgIpc) is 3.31. The predicted molar refractivity (Wildman–Crippen MR) is 154 cm³/mol. The van der Waals surface area contributed by atoms with E-state index in [1.807, 2.05) is 54.6 Å². The fourth-order valence-corrected chi connectivity index (χ4v) is 4.10. The summed E-state index contributed by atoms with van der Waals surface area (Å²) in [4.78, 5) is 54.4. The van der Waals surface area contributed by atoms with Gasteiger partial charge in [0.15, 0.2) is 0 Å². The van der Waals surface area contributed by atoms with Gasteiger partial charge in [0, 0.05) is 29.9 Å². The highest BCUT2D eigenvalue weighted by atomic mass is 16.6. The molecule has 0 radical (unpaired) electrons. The molecule has 0 saturated carbocycles. The number of rotatable bonds is 12. The zero-order valence-corrected chi connectivity index (χ0v) is 24.2. The number of alkyl carbamates (subject to hydrolysis) is 1. The summed E-state index contributed by atoms with van der Waals surface area (Å²) in [6, 6.07) is 14.8. The van der Waals surface area contributed by atoms with Crippen molar-refractivity contribution >= 4 is 34.8 Å². The first-order valence-corrected chi connectivity index (χ1v) is 13.7. The van der Waals surface area contributed by atoms with Crippen LogP contribution in [0.2, 0.25) is 0 Å². The second kappa shape index (κ2) is 14.3. The zero-order chi connectivity index (χ0) is 30.0. The molecule has 10 heteroatoms. The van der Waals surface area contributed by atoms with Crippen molar-refractivity contribution in [3.8, 4) is 0 Å². The number of aromatic nitrogens is 1. The number of aromatic amines is 1. The van der Waals surface area contributed by atoms with Gasteiger partial charge in [-0.25, -0.2) is 14.4 Å². The van der Waals surface area contributed by atoms with E-state index in [1.165, 1.54) is 0 Å². The molecule has 1 aromatic heterocycles. The van der Waals surface area contributed by atoms with Crippen LogP contribution >= 0.6 is 0 Å². The molecule has 220 valence electrons. The molecule has 0 aliphatic carbocycles. The molecule has 41 heavy (non-hydrogen) atoms. The highest BCUT2D eigenvalue weighted by molar-refractivity contribution is 5.88. The molecule has 0 spiro atoms. The Morgan fingerprint density at radius 3 is 2.24 bits per heavy atom. The monoisotopic (exact) mass is 565 g/mol. The van der Waals surface area contributed by atoms with Gasteiger partial charge in [-0.05, 0) is 58.2 Å². The maximum absolute atomic E-state index is 13.2. The van der Waals surface area contributed by atoms with Crippen molar-refractivity contribution in [2.24, 2.45) is 0 Å². The third-order valence-corrected chi connectivity index (χ3v) is 5.93. The molecule has 2 atom stereocenters. The quantitative estimate of drug-likeness (QED) is 0.216. The number of fused-ring (bicyclic) bond motifs is 1. The molecule has 2 aromatic carbocycles. The van der Waals surface area contributed by atoms with Crippen LogP contribution in [0.3, 0.4) is 0 Å².